The van der Waals surface area contributed by atoms with Gasteiger partial charge in [-0.25, -0.2) is 4.79 Å². The number of hydroxylamine groups is 2. The van der Waals surface area contributed by atoms with Crippen molar-refractivity contribution in [2.45, 2.75) is 45.1 Å². The summed E-state index contributed by atoms with van der Waals surface area (Å²) in [6.45, 7) is 1.27. The van der Waals surface area contributed by atoms with Gasteiger partial charge in [0.25, 0.3) is 5.91 Å². The van der Waals surface area contributed by atoms with E-state index in [1.54, 1.807) is 36.4 Å². The van der Waals surface area contributed by atoms with Crippen LogP contribution in [0.2, 0.25) is 10.0 Å². The Morgan fingerprint density at radius 2 is 1.51 bits per heavy atom. The molecule has 0 radical (unpaired) electrons. The first-order chi connectivity index (χ1) is 17.8. The number of nitrogens with zero attached hydrogens (tertiary/aromatic N) is 1. The number of rotatable bonds is 5. The van der Waals surface area contributed by atoms with Crippen LogP contribution in [0.4, 0.5) is 16.2 Å². The molecular formula is C28H27Cl2N3O4. The van der Waals surface area contributed by atoms with Crippen LogP contribution in [0.3, 0.4) is 0 Å². The van der Waals surface area contributed by atoms with Gasteiger partial charge in [0.1, 0.15) is 0 Å². The van der Waals surface area contributed by atoms with Crippen LogP contribution >= 0.6 is 23.2 Å². The first kappa shape index (κ1) is 26.5. The Morgan fingerprint density at radius 1 is 0.838 bits per heavy atom. The molecule has 3 aromatic rings. The van der Waals surface area contributed by atoms with Gasteiger partial charge >= 0.3 is 12.0 Å². The second kappa shape index (κ2) is 12.1. The van der Waals surface area contributed by atoms with E-state index in [2.05, 4.69) is 10.6 Å². The molecule has 2 N–H and O–H groups in total. The quantitative estimate of drug-likeness (QED) is 0.327. The van der Waals surface area contributed by atoms with Gasteiger partial charge in [-0.3, -0.25) is 9.59 Å². The molecule has 37 heavy (non-hydrogen) atoms. The summed E-state index contributed by atoms with van der Waals surface area (Å²) in [7, 11) is 0. The summed E-state index contributed by atoms with van der Waals surface area (Å²) in [5.74, 6) is -1.09. The van der Waals surface area contributed by atoms with Crippen molar-refractivity contribution in [2.75, 3.05) is 10.6 Å². The molecule has 4 rings (SSSR count). The van der Waals surface area contributed by atoms with E-state index in [1.807, 2.05) is 30.3 Å². The van der Waals surface area contributed by atoms with Crippen LogP contribution in [-0.2, 0) is 9.63 Å². The summed E-state index contributed by atoms with van der Waals surface area (Å²) in [5, 5.41) is 7.12. The minimum atomic E-state index is -0.633. The lowest BCUT2D eigenvalue weighted by molar-refractivity contribution is -0.185. The highest BCUT2D eigenvalue weighted by Gasteiger charge is 2.31. The van der Waals surface area contributed by atoms with Gasteiger partial charge in [-0.1, -0.05) is 84.9 Å². The second-order valence-corrected chi connectivity index (χ2v) is 9.62. The first-order valence-corrected chi connectivity index (χ1v) is 12.8. The van der Waals surface area contributed by atoms with Crippen molar-refractivity contribution in [1.82, 2.24) is 5.06 Å². The molecule has 0 unspecified atom stereocenters. The Labute approximate surface area is 225 Å². The smallest absolute Gasteiger partial charge is 0.329 e. The summed E-state index contributed by atoms with van der Waals surface area (Å²) in [6.07, 6.45) is 4.41. The standard InChI is InChI=1S/C28H27Cl2N3O4/c1-18(34)37-33(21-11-6-3-7-12-21)27(35)22-16-15-20(19-9-4-2-5-10-19)17-25(22)31-28(36)32-26-23(29)13-8-14-24(26)30/h2,4-5,8-10,13-17,21H,3,6-7,11-12H2,1H3,(H2,31,32,36). The molecule has 0 spiro atoms. The van der Waals surface area contributed by atoms with Crippen molar-refractivity contribution in [3.05, 3.63) is 82.3 Å². The molecule has 192 valence electrons. The molecule has 1 aliphatic carbocycles. The van der Waals surface area contributed by atoms with Crippen LogP contribution in [0.25, 0.3) is 11.1 Å². The number of urea groups is 1. The van der Waals surface area contributed by atoms with E-state index in [0.717, 1.165) is 48.3 Å². The van der Waals surface area contributed by atoms with Gasteiger partial charge in [0.05, 0.1) is 33.0 Å². The van der Waals surface area contributed by atoms with Crippen molar-refractivity contribution < 1.29 is 19.2 Å². The van der Waals surface area contributed by atoms with E-state index < -0.39 is 17.9 Å². The predicted molar refractivity (Wildman–Crippen MR) is 146 cm³/mol. The molecule has 1 saturated carbocycles. The number of amides is 3. The molecule has 3 amide bonds. The van der Waals surface area contributed by atoms with Gasteiger partial charge in [-0.15, -0.1) is 0 Å². The van der Waals surface area contributed by atoms with Gasteiger partial charge in [0.2, 0.25) is 0 Å². The molecule has 7 nitrogen and oxygen atoms in total. The van der Waals surface area contributed by atoms with Crippen LogP contribution in [0.15, 0.2) is 66.7 Å². The number of hydrogen-bond donors (Lipinski definition) is 2. The van der Waals surface area contributed by atoms with Crippen molar-refractivity contribution in [2.24, 2.45) is 0 Å². The molecule has 0 bridgehead atoms. The minimum absolute atomic E-state index is 0.187. The lowest BCUT2D eigenvalue weighted by Gasteiger charge is -2.32. The molecule has 3 aromatic carbocycles. The maximum absolute atomic E-state index is 13.7. The maximum Gasteiger partial charge on any atom is 0.329 e. The third-order valence-electron chi connectivity index (χ3n) is 6.14. The summed E-state index contributed by atoms with van der Waals surface area (Å²) in [4.78, 5) is 44.0. The largest absolute Gasteiger partial charge is 0.338 e. The fourth-order valence-corrected chi connectivity index (χ4v) is 4.88. The molecule has 1 aliphatic rings. The van der Waals surface area contributed by atoms with Gasteiger partial charge in [0.15, 0.2) is 0 Å². The van der Waals surface area contributed by atoms with E-state index in [0.29, 0.717) is 0 Å². The van der Waals surface area contributed by atoms with Crippen molar-refractivity contribution >= 4 is 52.5 Å². The molecule has 1 fully saturated rings. The zero-order chi connectivity index (χ0) is 26.4. The van der Waals surface area contributed by atoms with Crippen LogP contribution in [0, 0.1) is 0 Å². The molecule has 0 aliphatic heterocycles. The Morgan fingerprint density at radius 3 is 2.16 bits per heavy atom. The highest BCUT2D eigenvalue weighted by molar-refractivity contribution is 6.39. The highest BCUT2D eigenvalue weighted by atomic mass is 35.5. The van der Waals surface area contributed by atoms with E-state index in [4.69, 9.17) is 28.0 Å². The number of halogens is 2. The van der Waals surface area contributed by atoms with Gasteiger partial charge in [-0.05, 0) is 48.2 Å². The second-order valence-electron chi connectivity index (χ2n) is 8.81. The summed E-state index contributed by atoms with van der Waals surface area (Å²) in [6, 6.07) is 18.7. The molecule has 0 heterocycles. The lowest BCUT2D eigenvalue weighted by atomic mass is 9.94. The Bertz CT molecular complexity index is 1270. The predicted octanol–water partition coefficient (Wildman–Crippen LogP) is 7.56. The van der Waals surface area contributed by atoms with Gasteiger partial charge in [-0.2, -0.15) is 5.06 Å². The number of carbonyl (C=O) groups is 3. The van der Waals surface area contributed by atoms with E-state index in [1.165, 1.54) is 6.92 Å². The van der Waals surface area contributed by atoms with Crippen LogP contribution in [-0.4, -0.2) is 29.0 Å². The van der Waals surface area contributed by atoms with Crippen LogP contribution in [0.1, 0.15) is 49.4 Å². The Kier molecular flexibility index (Phi) is 8.69. The highest BCUT2D eigenvalue weighted by Crippen LogP contribution is 2.32. The summed E-state index contributed by atoms with van der Waals surface area (Å²) >= 11 is 12.4. The van der Waals surface area contributed by atoms with Gasteiger partial charge in [0, 0.05) is 6.92 Å². The Balaban J connectivity index is 1.69. The topological polar surface area (TPSA) is 87.7 Å². The maximum atomic E-state index is 13.7. The molecule has 0 atom stereocenters. The van der Waals surface area contributed by atoms with E-state index >= 15 is 0 Å². The van der Waals surface area contributed by atoms with Crippen molar-refractivity contribution in [3.8, 4) is 11.1 Å². The first-order valence-electron chi connectivity index (χ1n) is 12.1. The number of para-hydroxylation sites is 1. The summed E-state index contributed by atoms with van der Waals surface area (Å²) < 4.78 is 0. The number of hydrogen-bond acceptors (Lipinski definition) is 4. The molecule has 9 heteroatoms. The summed E-state index contributed by atoms with van der Waals surface area (Å²) in [5.41, 5.74) is 2.38. The zero-order valence-electron chi connectivity index (χ0n) is 20.3. The van der Waals surface area contributed by atoms with Crippen molar-refractivity contribution in [1.29, 1.82) is 0 Å². The van der Waals surface area contributed by atoms with E-state index in [9.17, 15) is 14.4 Å². The molecule has 0 saturated heterocycles. The van der Waals surface area contributed by atoms with Gasteiger partial charge < -0.3 is 15.5 Å². The number of anilines is 2. The number of nitrogens with one attached hydrogen (secondary N) is 2. The SMILES string of the molecule is CC(=O)ON(C(=O)c1ccc(-c2ccccc2)cc1NC(=O)Nc1c(Cl)cccc1Cl)C1CCCCC1. The zero-order valence-corrected chi connectivity index (χ0v) is 21.8. The van der Waals surface area contributed by atoms with Crippen molar-refractivity contribution in [3.63, 3.8) is 0 Å². The normalized spacial score (nSPS) is 13.5. The monoisotopic (exact) mass is 539 g/mol. The number of benzene rings is 3. The fourth-order valence-electron chi connectivity index (χ4n) is 4.38. The average molecular weight is 540 g/mol. The molecular weight excluding hydrogens is 513 g/mol. The van der Waals surface area contributed by atoms with Crippen LogP contribution in [0.5, 0.6) is 0 Å². The minimum Gasteiger partial charge on any atom is -0.338 e. The lowest BCUT2D eigenvalue weighted by Crippen LogP contribution is -2.42. The third-order valence-corrected chi connectivity index (χ3v) is 6.77. The average Bonchev–Trinajstić information content (AvgIpc) is 2.90. The number of carbonyl (C=O) groups excluding carboxylic acids is 3. The fraction of sp³-hybridized carbons (Fsp3) is 0.250. The Hall–Kier alpha value is -3.55. The van der Waals surface area contributed by atoms with E-state index in [-0.39, 0.29) is 33.0 Å². The third kappa shape index (κ3) is 6.61. The molecule has 0 aromatic heterocycles. The van der Waals surface area contributed by atoms with Crippen LogP contribution < -0.4 is 10.6 Å².